The van der Waals surface area contributed by atoms with Crippen molar-refractivity contribution < 1.29 is 4.79 Å². The normalized spacial score (nSPS) is 10.8. The average Bonchev–Trinajstić information content (AvgIpc) is 3.17. The lowest BCUT2D eigenvalue weighted by Gasteiger charge is -2.12. The molecule has 21 heavy (non-hydrogen) atoms. The topological polar surface area (TPSA) is 46.1 Å². The number of carbonyl (C=O) groups is 1. The number of rotatable bonds is 4. The van der Waals surface area contributed by atoms with Gasteiger partial charge in [-0.2, -0.15) is 0 Å². The van der Waals surface area contributed by atoms with Gasteiger partial charge in [0.05, 0.1) is 21.3 Å². The van der Waals surface area contributed by atoms with Gasteiger partial charge in [0, 0.05) is 24.0 Å². The molecule has 108 valence electrons. The monoisotopic (exact) mass is 355 g/mol. The molecule has 0 radical (unpaired) electrons. The van der Waals surface area contributed by atoms with Gasteiger partial charge < -0.3 is 0 Å². The number of hydrogen-bond acceptors (Lipinski definition) is 6. The predicted molar refractivity (Wildman–Crippen MR) is 89.7 cm³/mol. The highest BCUT2D eigenvalue weighted by Gasteiger charge is 2.16. The van der Waals surface area contributed by atoms with Crippen molar-refractivity contribution in [3.05, 3.63) is 39.1 Å². The van der Waals surface area contributed by atoms with Crippen LogP contribution in [0.4, 0.5) is 5.13 Å². The minimum atomic E-state index is -0.0222. The summed E-state index contributed by atoms with van der Waals surface area (Å²) in [6, 6.07) is 3.79. The van der Waals surface area contributed by atoms with Gasteiger partial charge >= 0.3 is 0 Å². The van der Waals surface area contributed by atoms with Crippen LogP contribution < -0.4 is 4.90 Å². The van der Waals surface area contributed by atoms with Crippen molar-refractivity contribution >= 4 is 56.7 Å². The lowest BCUT2D eigenvalue weighted by Crippen LogP contribution is -2.27. The average molecular weight is 356 g/mol. The number of thiazole rings is 2. The van der Waals surface area contributed by atoms with Crippen molar-refractivity contribution in [3.8, 4) is 9.88 Å². The Morgan fingerprint density at radius 3 is 2.90 bits per heavy atom. The van der Waals surface area contributed by atoms with E-state index in [-0.39, 0.29) is 12.3 Å². The van der Waals surface area contributed by atoms with E-state index in [2.05, 4.69) is 9.97 Å². The molecule has 0 N–H and O–H groups in total. The van der Waals surface area contributed by atoms with Gasteiger partial charge in [0.25, 0.3) is 0 Å². The van der Waals surface area contributed by atoms with Crippen molar-refractivity contribution in [1.82, 2.24) is 9.97 Å². The number of likely N-dealkylation sites (N-methyl/N-ethyl adjacent to an activating group) is 1. The standard InChI is InChI=1S/C13H10ClN3OS3/c1-17(13-15-4-5-19-13)11(18)6-8-7-20-12(16-8)9-2-3-10(14)21-9/h2-5,7H,6H2,1H3. The van der Waals surface area contributed by atoms with Gasteiger partial charge in [-0.15, -0.1) is 34.0 Å². The maximum Gasteiger partial charge on any atom is 0.234 e. The van der Waals surface area contributed by atoms with E-state index >= 15 is 0 Å². The van der Waals surface area contributed by atoms with Crippen LogP contribution in [0.3, 0.4) is 0 Å². The summed E-state index contributed by atoms with van der Waals surface area (Å²) in [6.45, 7) is 0. The summed E-state index contributed by atoms with van der Waals surface area (Å²) in [6.07, 6.45) is 1.96. The molecular formula is C13H10ClN3OS3. The van der Waals surface area contributed by atoms with Gasteiger partial charge in [0.2, 0.25) is 5.91 Å². The van der Waals surface area contributed by atoms with Gasteiger partial charge in [-0.25, -0.2) is 9.97 Å². The van der Waals surface area contributed by atoms with Crippen molar-refractivity contribution in [2.45, 2.75) is 6.42 Å². The Kier molecular flexibility index (Phi) is 4.34. The molecule has 0 fully saturated rings. The van der Waals surface area contributed by atoms with Gasteiger partial charge in [0.1, 0.15) is 5.01 Å². The maximum absolute atomic E-state index is 12.2. The summed E-state index contributed by atoms with van der Waals surface area (Å²) in [5.74, 6) is -0.0222. The van der Waals surface area contributed by atoms with Crippen molar-refractivity contribution in [2.24, 2.45) is 0 Å². The van der Waals surface area contributed by atoms with Crippen LogP contribution in [0.5, 0.6) is 0 Å². The van der Waals surface area contributed by atoms with Gasteiger partial charge in [-0.3, -0.25) is 9.69 Å². The second-order valence-corrected chi connectivity index (χ2v) is 7.64. The first-order chi connectivity index (χ1) is 10.1. The molecule has 1 amide bonds. The molecule has 0 atom stereocenters. The molecule has 4 nitrogen and oxygen atoms in total. The number of anilines is 1. The van der Waals surface area contributed by atoms with E-state index in [1.54, 1.807) is 18.1 Å². The number of amides is 1. The van der Waals surface area contributed by atoms with E-state index in [4.69, 9.17) is 11.6 Å². The molecule has 0 bridgehead atoms. The molecule has 3 aromatic rings. The summed E-state index contributed by atoms with van der Waals surface area (Å²) in [5, 5.41) is 5.35. The fraction of sp³-hybridized carbons (Fsp3) is 0.154. The zero-order valence-corrected chi connectivity index (χ0v) is 14.2. The summed E-state index contributed by atoms with van der Waals surface area (Å²) in [4.78, 5) is 23.4. The molecule has 0 unspecified atom stereocenters. The van der Waals surface area contributed by atoms with E-state index in [0.717, 1.165) is 19.9 Å². The number of nitrogens with zero attached hydrogens (tertiary/aromatic N) is 3. The minimum absolute atomic E-state index is 0.0222. The number of aromatic nitrogens is 2. The highest BCUT2D eigenvalue weighted by molar-refractivity contribution is 7.23. The van der Waals surface area contributed by atoms with Crippen molar-refractivity contribution in [2.75, 3.05) is 11.9 Å². The third-order valence-electron chi connectivity index (χ3n) is 2.75. The predicted octanol–water partition coefficient (Wildman–Crippen LogP) is 4.19. The summed E-state index contributed by atoms with van der Waals surface area (Å²) in [5.41, 5.74) is 0.771. The molecule has 3 rings (SSSR count). The lowest BCUT2D eigenvalue weighted by atomic mass is 10.3. The number of carbonyl (C=O) groups excluding carboxylic acids is 1. The SMILES string of the molecule is CN(C(=O)Cc1csc(-c2ccc(Cl)s2)n1)c1nccs1. The van der Waals surface area contributed by atoms with Gasteiger partial charge in [-0.05, 0) is 12.1 Å². The molecule has 0 aliphatic carbocycles. The first kappa shape index (κ1) is 14.6. The van der Waals surface area contributed by atoms with Gasteiger partial charge in [-0.1, -0.05) is 11.6 Å². The van der Waals surface area contributed by atoms with Crippen LogP contribution in [0.15, 0.2) is 29.1 Å². The molecule has 0 aromatic carbocycles. The molecule has 3 heterocycles. The van der Waals surface area contributed by atoms with E-state index in [9.17, 15) is 4.79 Å². The van der Waals surface area contributed by atoms with Crippen LogP contribution in [-0.4, -0.2) is 22.9 Å². The third-order valence-corrected chi connectivity index (χ3v) is 5.89. The Bertz CT molecular complexity index is 750. The van der Waals surface area contributed by atoms with E-state index < -0.39 is 0 Å². The van der Waals surface area contributed by atoms with Crippen molar-refractivity contribution in [1.29, 1.82) is 0 Å². The van der Waals surface area contributed by atoms with Crippen LogP contribution in [0.25, 0.3) is 9.88 Å². The van der Waals surface area contributed by atoms with Crippen LogP contribution in [0, 0.1) is 0 Å². The molecule has 8 heteroatoms. The first-order valence-corrected chi connectivity index (χ1v) is 8.95. The molecular weight excluding hydrogens is 346 g/mol. The Labute approximate surface area is 138 Å². The molecule has 3 aromatic heterocycles. The zero-order chi connectivity index (χ0) is 14.8. The molecule has 0 spiro atoms. The minimum Gasteiger partial charge on any atom is -0.291 e. The fourth-order valence-corrected chi connectivity index (χ4v) is 4.25. The number of hydrogen-bond donors (Lipinski definition) is 0. The fourth-order valence-electron chi connectivity index (χ4n) is 1.69. The van der Waals surface area contributed by atoms with Crippen LogP contribution in [0.1, 0.15) is 5.69 Å². The largest absolute Gasteiger partial charge is 0.291 e. The quantitative estimate of drug-likeness (QED) is 0.705. The maximum atomic E-state index is 12.2. The zero-order valence-electron chi connectivity index (χ0n) is 10.9. The molecule has 0 saturated carbocycles. The second kappa shape index (κ2) is 6.23. The van der Waals surface area contributed by atoms with E-state index in [1.807, 2.05) is 22.9 Å². The van der Waals surface area contributed by atoms with Crippen LogP contribution in [0.2, 0.25) is 4.34 Å². The van der Waals surface area contributed by atoms with Crippen LogP contribution in [-0.2, 0) is 11.2 Å². The van der Waals surface area contributed by atoms with Gasteiger partial charge in [0.15, 0.2) is 5.13 Å². The molecule has 0 saturated heterocycles. The highest BCUT2D eigenvalue weighted by atomic mass is 35.5. The Morgan fingerprint density at radius 2 is 2.24 bits per heavy atom. The number of thiophene rings is 1. The Balaban J connectivity index is 1.71. The van der Waals surface area contributed by atoms with Crippen molar-refractivity contribution in [3.63, 3.8) is 0 Å². The van der Waals surface area contributed by atoms with E-state index in [1.165, 1.54) is 34.0 Å². The van der Waals surface area contributed by atoms with E-state index in [0.29, 0.717) is 5.13 Å². The molecule has 0 aliphatic rings. The molecule has 0 aliphatic heterocycles. The first-order valence-electron chi connectivity index (χ1n) is 5.99. The number of halogens is 1. The summed E-state index contributed by atoms with van der Waals surface area (Å²) >= 11 is 10.4. The Morgan fingerprint density at radius 1 is 1.38 bits per heavy atom. The summed E-state index contributed by atoms with van der Waals surface area (Å²) in [7, 11) is 1.73. The smallest absolute Gasteiger partial charge is 0.234 e. The Hall–Kier alpha value is -1.28. The second-order valence-electron chi connectivity index (χ2n) is 4.19. The highest BCUT2D eigenvalue weighted by Crippen LogP contribution is 2.33. The van der Waals surface area contributed by atoms with Crippen LogP contribution >= 0.6 is 45.6 Å². The lowest BCUT2D eigenvalue weighted by molar-refractivity contribution is -0.117. The summed E-state index contributed by atoms with van der Waals surface area (Å²) < 4.78 is 0.737. The third kappa shape index (κ3) is 3.32.